The average molecular weight is 320 g/mol. The van der Waals surface area contributed by atoms with Gasteiger partial charge >= 0.3 is 0 Å². The molecule has 0 heterocycles. The highest BCUT2D eigenvalue weighted by Gasteiger charge is 2.31. The molecule has 0 saturated heterocycles. The lowest BCUT2D eigenvalue weighted by Gasteiger charge is -2.26. The highest BCUT2D eigenvalue weighted by Crippen LogP contribution is 2.28. The molecule has 0 unspecified atom stereocenters. The molecule has 0 amide bonds. The number of benzene rings is 1. The molecular weight excluding hydrogens is 301 g/mol. The molecule has 0 spiro atoms. The molecule has 1 aromatic rings. The number of hydrogen-bond donors (Lipinski definition) is 0. The lowest BCUT2D eigenvalue weighted by molar-refractivity contribution is 0.334. The molecule has 20 heavy (non-hydrogen) atoms. The van der Waals surface area contributed by atoms with Crippen molar-refractivity contribution < 1.29 is 12.8 Å². The molecule has 3 nitrogen and oxygen atoms in total. The Kier molecular flexibility index (Phi) is 5.04. The zero-order valence-corrected chi connectivity index (χ0v) is 13.1. The molecule has 0 N–H and O–H groups in total. The van der Waals surface area contributed by atoms with Gasteiger partial charge in [0.1, 0.15) is 4.90 Å². The normalized spacial score (nSPS) is 18.2. The van der Waals surface area contributed by atoms with Gasteiger partial charge in [-0.15, -0.1) is 0 Å². The number of sulfonamides is 1. The predicted octanol–water partition coefficient (Wildman–Crippen LogP) is 3.82. The summed E-state index contributed by atoms with van der Waals surface area (Å²) >= 11 is 5.68. The summed E-state index contributed by atoms with van der Waals surface area (Å²) in [5, 5.41) is -0.166. The Balaban J connectivity index is 2.31. The van der Waals surface area contributed by atoms with Crippen LogP contribution in [-0.2, 0) is 10.0 Å². The first kappa shape index (κ1) is 15.7. The van der Waals surface area contributed by atoms with Crippen molar-refractivity contribution in [2.45, 2.75) is 49.5 Å². The van der Waals surface area contributed by atoms with Crippen LogP contribution in [0.1, 0.15) is 38.5 Å². The second-order valence-corrected chi connectivity index (χ2v) is 7.59. The third-order valence-corrected chi connectivity index (χ3v) is 6.13. The Morgan fingerprint density at radius 3 is 2.40 bits per heavy atom. The van der Waals surface area contributed by atoms with Crippen molar-refractivity contribution in [3.63, 3.8) is 0 Å². The maximum Gasteiger partial charge on any atom is 0.246 e. The molecule has 1 aliphatic carbocycles. The van der Waals surface area contributed by atoms with Gasteiger partial charge in [-0.3, -0.25) is 0 Å². The molecule has 6 heteroatoms. The van der Waals surface area contributed by atoms with Gasteiger partial charge in [-0.1, -0.05) is 43.4 Å². The van der Waals surface area contributed by atoms with E-state index in [1.807, 2.05) is 0 Å². The van der Waals surface area contributed by atoms with E-state index in [1.54, 1.807) is 0 Å². The monoisotopic (exact) mass is 319 g/mol. The van der Waals surface area contributed by atoms with Crippen LogP contribution in [0.3, 0.4) is 0 Å². The van der Waals surface area contributed by atoms with Gasteiger partial charge < -0.3 is 0 Å². The molecular formula is C14H19ClFNO2S. The van der Waals surface area contributed by atoms with E-state index >= 15 is 0 Å². The zero-order chi connectivity index (χ0) is 14.8. The van der Waals surface area contributed by atoms with Crippen molar-refractivity contribution in [1.82, 2.24) is 4.31 Å². The van der Waals surface area contributed by atoms with Crippen LogP contribution in [0.2, 0.25) is 5.02 Å². The first-order chi connectivity index (χ1) is 9.44. The Hall–Kier alpha value is -0.650. The fraction of sp³-hybridized carbons (Fsp3) is 0.571. The van der Waals surface area contributed by atoms with Gasteiger partial charge in [0, 0.05) is 13.1 Å². The summed E-state index contributed by atoms with van der Waals surface area (Å²) in [4.78, 5) is -0.336. The lowest BCUT2D eigenvalue weighted by Crippen LogP contribution is -2.37. The van der Waals surface area contributed by atoms with Gasteiger partial charge in [0.2, 0.25) is 10.0 Å². The van der Waals surface area contributed by atoms with Gasteiger partial charge in [0.25, 0.3) is 0 Å². The third kappa shape index (κ3) is 3.15. The second-order valence-electron chi connectivity index (χ2n) is 5.22. The van der Waals surface area contributed by atoms with Crippen LogP contribution < -0.4 is 0 Å². The lowest BCUT2D eigenvalue weighted by atomic mass is 10.1. The fourth-order valence-electron chi connectivity index (χ4n) is 2.66. The standard InChI is InChI=1S/C14H19ClFNO2S/c1-17(11-7-4-2-3-5-8-11)20(18,19)13-10-6-9-12(15)14(13)16/h6,9-11H,2-5,7-8H2,1H3. The van der Waals surface area contributed by atoms with Gasteiger partial charge in [0.05, 0.1) is 5.02 Å². The van der Waals surface area contributed by atoms with Gasteiger partial charge in [-0.05, 0) is 25.0 Å². The van der Waals surface area contributed by atoms with Gasteiger partial charge in [-0.2, -0.15) is 4.31 Å². The molecule has 0 aromatic heterocycles. The SMILES string of the molecule is CN(C1CCCCCC1)S(=O)(=O)c1cccc(Cl)c1F. The number of halogens is 2. The predicted molar refractivity (Wildman–Crippen MR) is 77.8 cm³/mol. The Morgan fingerprint density at radius 2 is 1.80 bits per heavy atom. The summed E-state index contributed by atoms with van der Waals surface area (Å²) in [6, 6.07) is 4.02. The fourth-order valence-corrected chi connectivity index (χ4v) is 4.39. The third-order valence-electron chi connectivity index (χ3n) is 3.91. The average Bonchev–Trinajstić information content (AvgIpc) is 2.69. The molecule has 1 aliphatic rings. The van der Waals surface area contributed by atoms with E-state index in [9.17, 15) is 12.8 Å². The van der Waals surface area contributed by atoms with Gasteiger partial charge in [-0.25, -0.2) is 12.8 Å². The topological polar surface area (TPSA) is 37.4 Å². The minimum absolute atomic E-state index is 0.0547. The highest BCUT2D eigenvalue weighted by molar-refractivity contribution is 7.89. The maximum absolute atomic E-state index is 14.0. The Morgan fingerprint density at radius 1 is 1.20 bits per heavy atom. The molecule has 0 radical (unpaired) electrons. The highest BCUT2D eigenvalue weighted by atomic mass is 35.5. The number of nitrogens with zero attached hydrogens (tertiary/aromatic N) is 1. The summed E-state index contributed by atoms with van der Waals surface area (Å²) in [5.41, 5.74) is 0. The van der Waals surface area contributed by atoms with Crippen LogP contribution in [0.5, 0.6) is 0 Å². The van der Waals surface area contributed by atoms with Crippen LogP contribution in [-0.4, -0.2) is 25.8 Å². The van der Waals surface area contributed by atoms with Crippen molar-refractivity contribution in [1.29, 1.82) is 0 Å². The van der Waals surface area contributed by atoms with E-state index in [4.69, 9.17) is 11.6 Å². The quantitative estimate of drug-likeness (QED) is 0.794. The maximum atomic E-state index is 14.0. The Bertz CT molecular complexity index is 569. The van der Waals surface area contributed by atoms with Crippen molar-refractivity contribution in [2.24, 2.45) is 0 Å². The van der Waals surface area contributed by atoms with Crippen molar-refractivity contribution in [2.75, 3.05) is 7.05 Å². The van der Waals surface area contributed by atoms with E-state index in [2.05, 4.69) is 0 Å². The summed E-state index contributed by atoms with van der Waals surface area (Å²) in [6.07, 6.45) is 5.97. The molecule has 2 rings (SSSR count). The van der Waals surface area contributed by atoms with Crippen LogP contribution in [0.15, 0.2) is 23.1 Å². The smallest absolute Gasteiger partial charge is 0.207 e. The first-order valence-corrected chi connectivity index (χ1v) is 8.68. The Labute approximate surface area is 124 Å². The summed E-state index contributed by atoms with van der Waals surface area (Å²) < 4.78 is 40.4. The molecule has 112 valence electrons. The minimum Gasteiger partial charge on any atom is -0.207 e. The molecule has 0 atom stereocenters. The molecule has 1 fully saturated rings. The molecule has 1 saturated carbocycles. The summed E-state index contributed by atoms with van der Waals surface area (Å²) in [5.74, 6) is -0.866. The zero-order valence-electron chi connectivity index (χ0n) is 11.5. The van der Waals surface area contributed by atoms with Crippen LogP contribution in [0, 0.1) is 5.82 Å². The summed E-state index contributed by atoms with van der Waals surface area (Å²) in [6.45, 7) is 0. The van der Waals surface area contributed by atoms with E-state index in [0.29, 0.717) is 0 Å². The minimum atomic E-state index is -3.83. The number of rotatable bonds is 3. The molecule has 1 aromatic carbocycles. The van der Waals surface area contributed by atoms with Crippen LogP contribution >= 0.6 is 11.6 Å². The van der Waals surface area contributed by atoms with Crippen molar-refractivity contribution >= 4 is 21.6 Å². The molecule has 0 aliphatic heterocycles. The van der Waals surface area contributed by atoms with Gasteiger partial charge in [0.15, 0.2) is 5.82 Å². The van der Waals surface area contributed by atoms with Crippen LogP contribution in [0.25, 0.3) is 0 Å². The largest absolute Gasteiger partial charge is 0.246 e. The number of hydrogen-bond acceptors (Lipinski definition) is 2. The van der Waals surface area contributed by atoms with Crippen molar-refractivity contribution in [3.8, 4) is 0 Å². The van der Waals surface area contributed by atoms with Crippen LogP contribution in [0.4, 0.5) is 4.39 Å². The molecule has 0 bridgehead atoms. The van der Waals surface area contributed by atoms with E-state index in [-0.39, 0.29) is 16.0 Å². The first-order valence-electron chi connectivity index (χ1n) is 6.86. The summed E-state index contributed by atoms with van der Waals surface area (Å²) in [7, 11) is -2.30. The second kappa shape index (κ2) is 6.41. The van der Waals surface area contributed by atoms with E-state index < -0.39 is 15.8 Å². The van der Waals surface area contributed by atoms with Crippen molar-refractivity contribution in [3.05, 3.63) is 29.0 Å². The van der Waals surface area contributed by atoms with E-state index in [0.717, 1.165) is 38.5 Å². The van der Waals surface area contributed by atoms with E-state index in [1.165, 1.54) is 29.6 Å².